The predicted molar refractivity (Wildman–Crippen MR) is 70.6 cm³/mol. The predicted octanol–water partition coefficient (Wildman–Crippen LogP) is 2.27. The lowest BCUT2D eigenvalue weighted by molar-refractivity contribution is -0.162. The fraction of sp³-hybridized carbons (Fsp3) is 0.143. The van der Waals surface area contributed by atoms with Crippen molar-refractivity contribution in [1.82, 2.24) is 10.0 Å². The minimum absolute atomic E-state index is 0.217. The van der Waals surface area contributed by atoms with Gasteiger partial charge in [-0.2, -0.15) is 0 Å². The Morgan fingerprint density at radius 1 is 1.39 bits per heavy atom. The molecule has 2 aromatic rings. The first kappa shape index (κ1) is 12.3. The first-order valence-electron chi connectivity index (χ1n) is 5.55. The van der Waals surface area contributed by atoms with Crippen LogP contribution in [-0.4, -0.2) is 30.1 Å². The highest BCUT2D eigenvalue weighted by atomic mass is 16.7. The first-order chi connectivity index (χ1) is 8.70. The maximum absolute atomic E-state index is 11.5. The SMILES string of the molecule is CON(C)C(=O)C=Cc1cnc2ccccc2c1. The van der Waals surface area contributed by atoms with E-state index in [1.807, 2.05) is 30.3 Å². The van der Waals surface area contributed by atoms with E-state index in [-0.39, 0.29) is 5.91 Å². The number of hydroxylamine groups is 2. The highest BCUT2D eigenvalue weighted by Gasteiger charge is 2.02. The van der Waals surface area contributed by atoms with Crippen molar-refractivity contribution in [3.63, 3.8) is 0 Å². The van der Waals surface area contributed by atoms with Crippen LogP contribution in [0.3, 0.4) is 0 Å². The molecule has 1 heterocycles. The van der Waals surface area contributed by atoms with E-state index in [4.69, 9.17) is 4.84 Å². The van der Waals surface area contributed by atoms with E-state index in [0.29, 0.717) is 0 Å². The van der Waals surface area contributed by atoms with Crippen LogP contribution in [-0.2, 0) is 9.63 Å². The molecule has 0 unspecified atom stereocenters. The molecule has 0 radical (unpaired) electrons. The van der Waals surface area contributed by atoms with Crippen molar-refractivity contribution in [2.45, 2.75) is 0 Å². The molecule has 0 fully saturated rings. The van der Waals surface area contributed by atoms with Gasteiger partial charge in [-0.25, -0.2) is 5.06 Å². The molecule has 0 aliphatic carbocycles. The van der Waals surface area contributed by atoms with Crippen LogP contribution >= 0.6 is 0 Å². The third kappa shape index (κ3) is 2.73. The summed E-state index contributed by atoms with van der Waals surface area (Å²) in [5.41, 5.74) is 1.82. The van der Waals surface area contributed by atoms with Gasteiger partial charge in [0.1, 0.15) is 0 Å². The number of hydrogen-bond acceptors (Lipinski definition) is 3. The Kier molecular flexibility index (Phi) is 3.69. The lowest BCUT2D eigenvalue weighted by atomic mass is 10.1. The van der Waals surface area contributed by atoms with E-state index in [2.05, 4.69) is 4.98 Å². The summed E-state index contributed by atoms with van der Waals surface area (Å²) in [6.45, 7) is 0. The smallest absolute Gasteiger partial charge is 0.269 e. The molecular formula is C14H14N2O2. The first-order valence-corrected chi connectivity index (χ1v) is 5.55. The molecule has 4 nitrogen and oxygen atoms in total. The summed E-state index contributed by atoms with van der Waals surface area (Å²) < 4.78 is 0. The average Bonchev–Trinajstić information content (AvgIpc) is 2.43. The zero-order valence-corrected chi connectivity index (χ0v) is 10.3. The zero-order valence-electron chi connectivity index (χ0n) is 10.3. The largest absolute Gasteiger partial charge is 0.274 e. The Bertz CT molecular complexity index is 593. The number of fused-ring (bicyclic) bond motifs is 1. The number of carbonyl (C=O) groups excluding carboxylic acids is 1. The van der Waals surface area contributed by atoms with Crippen molar-refractivity contribution in [1.29, 1.82) is 0 Å². The average molecular weight is 242 g/mol. The quantitative estimate of drug-likeness (QED) is 0.612. The second-order valence-corrected chi connectivity index (χ2v) is 3.81. The fourth-order valence-corrected chi connectivity index (χ4v) is 1.54. The monoisotopic (exact) mass is 242 g/mol. The molecule has 0 N–H and O–H groups in total. The Morgan fingerprint density at radius 2 is 2.17 bits per heavy atom. The molecule has 1 aromatic heterocycles. The Balaban J connectivity index is 2.22. The minimum atomic E-state index is -0.217. The Hall–Kier alpha value is -2.20. The van der Waals surface area contributed by atoms with E-state index >= 15 is 0 Å². The summed E-state index contributed by atoms with van der Waals surface area (Å²) in [4.78, 5) is 20.6. The number of nitrogens with zero attached hydrogens (tertiary/aromatic N) is 2. The van der Waals surface area contributed by atoms with Crippen LogP contribution in [0.4, 0.5) is 0 Å². The zero-order chi connectivity index (χ0) is 13.0. The third-order valence-electron chi connectivity index (χ3n) is 2.61. The molecule has 0 saturated heterocycles. The van der Waals surface area contributed by atoms with Crippen molar-refractivity contribution in [3.05, 3.63) is 48.2 Å². The van der Waals surface area contributed by atoms with Crippen molar-refractivity contribution >= 4 is 22.9 Å². The highest BCUT2D eigenvalue weighted by Crippen LogP contribution is 2.13. The molecule has 0 aliphatic rings. The maximum atomic E-state index is 11.5. The molecule has 0 saturated carbocycles. The second-order valence-electron chi connectivity index (χ2n) is 3.81. The van der Waals surface area contributed by atoms with Gasteiger partial charge in [-0.1, -0.05) is 18.2 Å². The van der Waals surface area contributed by atoms with Gasteiger partial charge in [0.15, 0.2) is 0 Å². The fourth-order valence-electron chi connectivity index (χ4n) is 1.54. The van der Waals surface area contributed by atoms with E-state index in [1.165, 1.54) is 13.2 Å². The van der Waals surface area contributed by atoms with Gasteiger partial charge in [0.2, 0.25) is 0 Å². The number of para-hydroxylation sites is 1. The molecule has 0 atom stereocenters. The van der Waals surface area contributed by atoms with E-state index in [0.717, 1.165) is 21.5 Å². The Labute approximate surface area is 105 Å². The molecule has 4 heteroatoms. The van der Waals surface area contributed by atoms with Crippen LogP contribution in [0, 0.1) is 0 Å². The molecule has 92 valence electrons. The molecule has 1 aromatic carbocycles. The molecule has 2 rings (SSSR count). The molecule has 18 heavy (non-hydrogen) atoms. The second kappa shape index (κ2) is 5.42. The third-order valence-corrected chi connectivity index (χ3v) is 2.61. The standard InChI is InChI=1S/C14H14N2O2/c1-16(18-2)14(17)8-7-11-9-12-5-3-4-6-13(12)15-10-11/h3-10H,1-2H3. The van der Waals surface area contributed by atoms with Gasteiger partial charge < -0.3 is 0 Å². The number of likely N-dealkylation sites (N-methyl/N-ethyl adjacent to an activating group) is 1. The number of rotatable bonds is 3. The minimum Gasteiger partial charge on any atom is -0.274 e. The molecular weight excluding hydrogens is 228 g/mol. The number of hydrogen-bond donors (Lipinski definition) is 0. The van der Waals surface area contributed by atoms with Crippen LogP contribution in [0.2, 0.25) is 0 Å². The normalized spacial score (nSPS) is 11.0. The molecule has 0 spiro atoms. The van der Waals surface area contributed by atoms with Gasteiger partial charge in [0, 0.05) is 24.7 Å². The number of carbonyl (C=O) groups is 1. The lowest BCUT2D eigenvalue weighted by Crippen LogP contribution is -2.22. The Morgan fingerprint density at radius 3 is 2.94 bits per heavy atom. The summed E-state index contributed by atoms with van der Waals surface area (Å²) in [5, 5.41) is 2.21. The highest BCUT2D eigenvalue weighted by molar-refractivity contribution is 5.91. The molecule has 1 amide bonds. The van der Waals surface area contributed by atoms with Gasteiger partial charge in [0.25, 0.3) is 5.91 Å². The van der Waals surface area contributed by atoms with Crippen LogP contribution in [0.15, 0.2) is 42.6 Å². The van der Waals surface area contributed by atoms with Crippen molar-refractivity contribution in [2.24, 2.45) is 0 Å². The molecule has 0 bridgehead atoms. The van der Waals surface area contributed by atoms with Crippen molar-refractivity contribution in [3.8, 4) is 0 Å². The van der Waals surface area contributed by atoms with Gasteiger partial charge in [-0.3, -0.25) is 14.6 Å². The maximum Gasteiger partial charge on any atom is 0.269 e. The van der Waals surface area contributed by atoms with E-state index in [9.17, 15) is 4.79 Å². The molecule has 0 aliphatic heterocycles. The van der Waals surface area contributed by atoms with Gasteiger partial charge >= 0.3 is 0 Å². The van der Waals surface area contributed by atoms with Gasteiger partial charge in [0.05, 0.1) is 12.6 Å². The summed E-state index contributed by atoms with van der Waals surface area (Å²) in [6, 6.07) is 9.83. The number of amides is 1. The van der Waals surface area contributed by atoms with Crippen LogP contribution in [0.1, 0.15) is 5.56 Å². The van der Waals surface area contributed by atoms with Gasteiger partial charge in [-0.15, -0.1) is 0 Å². The van der Waals surface area contributed by atoms with Crippen LogP contribution in [0.25, 0.3) is 17.0 Å². The van der Waals surface area contributed by atoms with Gasteiger partial charge in [-0.05, 0) is 23.8 Å². The van der Waals surface area contributed by atoms with Crippen LogP contribution < -0.4 is 0 Å². The summed E-state index contributed by atoms with van der Waals surface area (Å²) in [6.07, 6.45) is 4.91. The number of aromatic nitrogens is 1. The van der Waals surface area contributed by atoms with Crippen molar-refractivity contribution in [2.75, 3.05) is 14.2 Å². The number of benzene rings is 1. The lowest BCUT2D eigenvalue weighted by Gasteiger charge is -2.09. The van der Waals surface area contributed by atoms with Crippen LogP contribution in [0.5, 0.6) is 0 Å². The number of pyridine rings is 1. The summed E-state index contributed by atoms with van der Waals surface area (Å²) >= 11 is 0. The topological polar surface area (TPSA) is 42.4 Å². The van der Waals surface area contributed by atoms with E-state index in [1.54, 1.807) is 19.3 Å². The van der Waals surface area contributed by atoms with E-state index < -0.39 is 0 Å². The summed E-state index contributed by atoms with van der Waals surface area (Å²) in [7, 11) is 3.01. The van der Waals surface area contributed by atoms with Crippen molar-refractivity contribution < 1.29 is 9.63 Å². The summed E-state index contributed by atoms with van der Waals surface area (Å²) in [5.74, 6) is -0.217.